The highest BCUT2D eigenvalue weighted by molar-refractivity contribution is 7.13. The van der Waals surface area contributed by atoms with Crippen LogP contribution in [0.4, 0.5) is 5.69 Å². The number of esters is 1. The molecule has 0 spiro atoms. The van der Waals surface area contributed by atoms with E-state index >= 15 is 0 Å². The molecule has 0 saturated carbocycles. The molecule has 0 saturated heterocycles. The van der Waals surface area contributed by atoms with Crippen LogP contribution in [0, 0.1) is 13.8 Å². The number of hydrogen-bond donors (Lipinski definition) is 1. The van der Waals surface area contributed by atoms with Crippen molar-refractivity contribution in [3.63, 3.8) is 0 Å². The van der Waals surface area contributed by atoms with Crippen molar-refractivity contribution in [2.75, 3.05) is 12.4 Å². The van der Waals surface area contributed by atoms with Gasteiger partial charge < -0.3 is 14.8 Å². The number of methoxy groups -OCH3 is 1. The van der Waals surface area contributed by atoms with Crippen molar-refractivity contribution in [1.82, 2.24) is 4.98 Å². The third-order valence-electron chi connectivity index (χ3n) is 5.27. The van der Waals surface area contributed by atoms with E-state index in [4.69, 9.17) is 9.47 Å². The first-order chi connectivity index (χ1) is 16.4. The summed E-state index contributed by atoms with van der Waals surface area (Å²) in [6, 6.07) is 22.1. The van der Waals surface area contributed by atoms with Gasteiger partial charge in [-0.3, -0.25) is 4.79 Å². The van der Waals surface area contributed by atoms with Gasteiger partial charge >= 0.3 is 5.97 Å². The Labute approximate surface area is 202 Å². The Bertz CT molecular complexity index is 1300. The highest BCUT2D eigenvalue weighted by Gasteiger charge is 2.27. The molecule has 0 radical (unpaired) electrons. The van der Waals surface area contributed by atoms with E-state index in [1.807, 2.05) is 62.4 Å². The van der Waals surface area contributed by atoms with Crippen LogP contribution >= 0.6 is 11.3 Å². The first-order valence-corrected chi connectivity index (χ1v) is 11.6. The average molecular weight is 473 g/mol. The molecule has 1 amide bonds. The predicted octanol–water partition coefficient (Wildman–Crippen LogP) is 5.97. The van der Waals surface area contributed by atoms with Gasteiger partial charge in [0.05, 0.1) is 7.11 Å². The topological polar surface area (TPSA) is 77.5 Å². The zero-order valence-corrected chi connectivity index (χ0v) is 19.9. The van der Waals surface area contributed by atoms with Crippen LogP contribution in [0.15, 0.2) is 78.2 Å². The highest BCUT2D eigenvalue weighted by Crippen LogP contribution is 2.28. The van der Waals surface area contributed by atoms with Gasteiger partial charge in [0.15, 0.2) is 5.69 Å². The maximum atomic E-state index is 13.2. The van der Waals surface area contributed by atoms with E-state index in [9.17, 15) is 9.59 Å². The largest absolute Gasteiger partial charge is 0.497 e. The Kier molecular flexibility index (Phi) is 7.04. The van der Waals surface area contributed by atoms with Gasteiger partial charge in [-0.25, -0.2) is 9.78 Å². The van der Waals surface area contributed by atoms with Gasteiger partial charge in [-0.2, -0.15) is 0 Å². The van der Waals surface area contributed by atoms with Gasteiger partial charge in [-0.15, -0.1) is 11.3 Å². The minimum atomic E-state index is -1.13. The van der Waals surface area contributed by atoms with Crippen LogP contribution in [0.2, 0.25) is 0 Å². The number of nitrogens with zero attached hydrogens (tertiary/aromatic N) is 1. The van der Waals surface area contributed by atoms with Gasteiger partial charge in [0.2, 0.25) is 6.10 Å². The van der Waals surface area contributed by atoms with E-state index in [2.05, 4.69) is 10.3 Å². The summed E-state index contributed by atoms with van der Waals surface area (Å²) in [5.41, 5.74) is 4.19. The van der Waals surface area contributed by atoms with Crippen LogP contribution in [0.25, 0.3) is 10.6 Å². The van der Waals surface area contributed by atoms with Gasteiger partial charge in [0.1, 0.15) is 10.8 Å². The highest BCUT2D eigenvalue weighted by atomic mass is 32.1. The zero-order valence-electron chi connectivity index (χ0n) is 19.1. The van der Waals surface area contributed by atoms with Crippen LogP contribution in [0.3, 0.4) is 0 Å². The van der Waals surface area contributed by atoms with Crippen molar-refractivity contribution >= 4 is 28.9 Å². The Morgan fingerprint density at radius 3 is 2.41 bits per heavy atom. The molecule has 0 fully saturated rings. The van der Waals surface area contributed by atoms with Crippen molar-refractivity contribution in [3.05, 3.63) is 101 Å². The van der Waals surface area contributed by atoms with Crippen molar-refractivity contribution < 1.29 is 19.1 Å². The molecular formula is C27H24N2O4S. The predicted molar refractivity (Wildman–Crippen MR) is 133 cm³/mol. The molecule has 1 atom stereocenters. The molecule has 1 N–H and O–H groups in total. The second-order valence-corrected chi connectivity index (χ2v) is 8.63. The van der Waals surface area contributed by atoms with Gasteiger partial charge in [-0.1, -0.05) is 42.5 Å². The van der Waals surface area contributed by atoms with Gasteiger partial charge in [-0.05, 0) is 55.3 Å². The molecule has 3 aromatic carbocycles. The molecule has 0 aliphatic heterocycles. The van der Waals surface area contributed by atoms with Crippen LogP contribution in [0.5, 0.6) is 5.75 Å². The first-order valence-electron chi connectivity index (χ1n) is 10.7. The van der Waals surface area contributed by atoms with Crippen molar-refractivity contribution in [1.29, 1.82) is 0 Å². The van der Waals surface area contributed by atoms with E-state index in [0.717, 1.165) is 22.4 Å². The summed E-state index contributed by atoms with van der Waals surface area (Å²) in [4.78, 5) is 30.6. The number of carbonyl (C=O) groups is 2. The lowest BCUT2D eigenvalue weighted by Gasteiger charge is -2.18. The number of anilines is 1. The fourth-order valence-electron chi connectivity index (χ4n) is 3.37. The fraction of sp³-hybridized carbons (Fsp3) is 0.148. The molecule has 0 aliphatic rings. The van der Waals surface area contributed by atoms with Crippen molar-refractivity contribution in [2.45, 2.75) is 20.0 Å². The molecule has 4 rings (SSSR count). The van der Waals surface area contributed by atoms with Crippen LogP contribution in [0.1, 0.15) is 33.3 Å². The lowest BCUT2D eigenvalue weighted by atomic mass is 10.1. The third kappa shape index (κ3) is 5.32. The standard InChI is InChI=1S/C27H24N2O4S/c1-17-9-10-18(2)22(15-17)28-25(30)24(19-7-5-4-6-8-19)33-27(31)23-16-34-26(29-23)20-11-13-21(32-3)14-12-20/h4-16,24H,1-3H3,(H,28,30). The Morgan fingerprint density at radius 2 is 1.71 bits per heavy atom. The minimum absolute atomic E-state index is 0.149. The lowest BCUT2D eigenvalue weighted by molar-refractivity contribution is -0.125. The Balaban J connectivity index is 1.56. The number of rotatable bonds is 7. The van der Waals surface area contributed by atoms with E-state index in [0.29, 0.717) is 16.3 Å². The molecule has 6 nitrogen and oxygen atoms in total. The monoisotopic (exact) mass is 472 g/mol. The zero-order chi connectivity index (χ0) is 24.1. The quantitative estimate of drug-likeness (QED) is 0.335. The number of hydrogen-bond acceptors (Lipinski definition) is 6. The molecule has 172 valence electrons. The Morgan fingerprint density at radius 1 is 0.971 bits per heavy atom. The summed E-state index contributed by atoms with van der Waals surface area (Å²) in [5, 5.41) is 5.21. The summed E-state index contributed by atoms with van der Waals surface area (Å²) in [5.74, 6) is -0.361. The van der Waals surface area contributed by atoms with Crippen LogP contribution in [-0.2, 0) is 9.53 Å². The summed E-state index contributed by atoms with van der Waals surface area (Å²) < 4.78 is 10.9. The number of thiazole rings is 1. The molecule has 4 aromatic rings. The van der Waals surface area contributed by atoms with E-state index in [-0.39, 0.29) is 5.69 Å². The second kappa shape index (κ2) is 10.3. The number of benzene rings is 3. The maximum absolute atomic E-state index is 13.2. The number of aromatic nitrogens is 1. The lowest BCUT2D eigenvalue weighted by Crippen LogP contribution is -2.26. The van der Waals surface area contributed by atoms with Crippen molar-refractivity contribution in [3.8, 4) is 16.3 Å². The summed E-state index contributed by atoms with van der Waals surface area (Å²) in [7, 11) is 1.60. The van der Waals surface area contributed by atoms with E-state index < -0.39 is 18.0 Å². The maximum Gasteiger partial charge on any atom is 0.358 e. The third-order valence-corrected chi connectivity index (χ3v) is 6.16. The summed E-state index contributed by atoms with van der Waals surface area (Å²) in [6.07, 6.45) is -1.13. The van der Waals surface area contributed by atoms with Gasteiger partial charge in [0.25, 0.3) is 5.91 Å². The van der Waals surface area contributed by atoms with Crippen LogP contribution < -0.4 is 10.1 Å². The molecular weight excluding hydrogens is 448 g/mol. The normalized spacial score (nSPS) is 11.5. The van der Waals surface area contributed by atoms with Crippen molar-refractivity contribution in [2.24, 2.45) is 0 Å². The number of ether oxygens (including phenoxy) is 2. The smallest absolute Gasteiger partial charge is 0.358 e. The number of carbonyl (C=O) groups excluding carboxylic acids is 2. The Hall–Kier alpha value is -3.97. The first kappa shape index (κ1) is 23.2. The molecule has 0 bridgehead atoms. The van der Waals surface area contributed by atoms with E-state index in [1.54, 1.807) is 36.8 Å². The molecule has 7 heteroatoms. The SMILES string of the molecule is COc1ccc(-c2nc(C(=O)OC(C(=O)Nc3cc(C)ccc3C)c3ccccc3)cs2)cc1. The number of nitrogens with one attached hydrogen (secondary N) is 1. The number of aryl methyl sites for hydroxylation is 2. The molecule has 1 heterocycles. The van der Waals surface area contributed by atoms with E-state index in [1.165, 1.54) is 11.3 Å². The van der Waals surface area contributed by atoms with Crippen LogP contribution in [-0.4, -0.2) is 24.0 Å². The minimum Gasteiger partial charge on any atom is -0.497 e. The summed E-state index contributed by atoms with van der Waals surface area (Å²) >= 11 is 1.33. The number of amides is 1. The fourth-order valence-corrected chi connectivity index (χ4v) is 4.17. The summed E-state index contributed by atoms with van der Waals surface area (Å²) in [6.45, 7) is 3.86. The molecule has 1 aromatic heterocycles. The molecule has 34 heavy (non-hydrogen) atoms. The molecule has 1 unspecified atom stereocenters. The molecule has 0 aliphatic carbocycles. The average Bonchev–Trinajstić information content (AvgIpc) is 3.36. The second-order valence-electron chi connectivity index (χ2n) is 7.77. The van der Waals surface area contributed by atoms with Gasteiger partial charge in [0, 0.05) is 22.2 Å².